The van der Waals surface area contributed by atoms with E-state index < -0.39 is 24.7 Å². The molecule has 4 heteroatoms. The van der Waals surface area contributed by atoms with E-state index in [4.69, 9.17) is 20.0 Å². The molecule has 0 spiro atoms. The van der Waals surface area contributed by atoms with Gasteiger partial charge < -0.3 is 0 Å². The van der Waals surface area contributed by atoms with Gasteiger partial charge in [-0.2, -0.15) is 0 Å². The van der Waals surface area contributed by atoms with E-state index >= 15 is 0 Å². The van der Waals surface area contributed by atoms with Gasteiger partial charge in [0.2, 0.25) is 0 Å². The Balaban J connectivity index is 3.15. The van der Waals surface area contributed by atoms with E-state index in [1.807, 2.05) is 6.07 Å². The summed E-state index contributed by atoms with van der Waals surface area (Å²) >= 11 is -4.51. The summed E-state index contributed by atoms with van der Waals surface area (Å²) in [6, 6.07) is 10.6. The van der Waals surface area contributed by atoms with E-state index in [-0.39, 0.29) is 0 Å². The zero-order chi connectivity index (χ0) is 11.7. The maximum atomic E-state index is 6.67. The molecule has 0 aliphatic rings. The fraction of sp³-hybridized carbons (Fsp3) is 0.455. The Labute approximate surface area is 106 Å². The van der Waals surface area contributed by atoms with Crippen LogP contribution in [0.1, 0.15) is 9.15 Å². The van der Waals surface area contributed by atoms with Gasteiger partial charge in [0.15, 0.2) is 0 Å². The SMILES string of the molecule is [CH3][Ge]([CH3])([Cl])[CH](c1ccccc1)[Ge]([CH3])([CH3])[Cl]. The van der Waals surface area contributed by atoms with Crippen LogP contribution in [0.5, 0.6) is 0 Å². The third kappa shape index (κ3) is 3.99. The number of hydrogen-bond donors (Lipinski definition) is 0. The first kappa shape index (κ1) is 13.9. The molecule has 0 aliphatic carbocycles. The van der Waals surface area contributed by atoms with Crippen molar-refractivity contribution in [1.29, 1.82) is 0 Å². The van der Waals surface area contributed by atoms with Crippen molar-refractivity contribution in [2.45, 2.75) is 26.6 Å². The van der Waals surface area contributed by atoms with E-state index in [0.29, 0.717) is 3.58 Å². The van der Waals surface area contributed by atoms with Gasteiger partial charge in [-0.05, 0) is 0 Å². The molecule has 0 saturated carbocycles. The average molecular weight is 366 g/mol. The molecule has 0 nitrogen and oxygen atoms in total. The van der Waals surface area contributed by atoms with Gasteiger partial charge in [-0.15, -0.1) is 0 Å². The molecule has 84 valence electrons. The van der Waals surface area contributed by atoms with Crippen molar-refractivity contribution in [3.8, 4) is 0 Å². The first-order valence-corrected chi connectivity index (χ1v) is 21.5. The van der Waals surface area contributed by atoms with Crippen LogP contribution in [0, 0.1) is 0 Å². The van der Waals surface area contributed by atoms with Crippen LogP contribution in [0.2, 0.25) is 23.0 Å². The summed E-state index contributed by atoms with van der Waals surface area (Å²) in [4.78, 5) is 0. The van der Waals surface area contributed by atoms with Crippen LogP contribution in [0.4, 0.5) is 0 Å². The Morgan fingerprint density at radius 1 is 0.867 bits per heavy atom. The van der Waals surface area contributed by atoms with Crippen LogP contribution in [0.3, 0.4) is 0 Å². The summed E-state index contributed by atoms with van der Waals surface area (Å²) in [6.07, 6.45) is 0. The third-order valence-corrected chi connectivity index (χ3v) is 31.7. The number of rotatable bonds is 3. The molecule has 0 aromatic heterocycles. The molecule has 1 aromatic rings. The molecule has 0 radical (unpaired) electrons. The molecule has 0 saturated heterocycles. The van der Waals surface area contributed by atoms with Crippen molar-refractivity contribution in [3.05, 3.63) is 35.9 Å². The first-order valence-electron chi connectivity index (χ1n) is 5.15. The summed E-state index contributed by atoms with van der Waals surface area (Å²) in [6.45, 7) is 0. The van der Waals surface area contributed by atoms with Crippen molar-refractivity contribution >= 4 is 44.7 Å². The van der Waals surface area contributed by atoms with Crippen molar-refractivity contribution in [3.63, 3.8) is 0 Å². The Morgan fingerprint density at radius 2 is 1.27 bits per heavy atom. The summed E-state index contributed by atoms with van der Waals surface area (Å²) in [7, 11) is 13.3. The van der Waals surface area contributed by atoms with Gasteiger partial charge in [0, 0.05) is 0 Å². The summed E-state index contributed by atoms with van der Waals surface area (Å²) in [5.41, 5.74) is 1.36. The van der Waals surface area contributed by atoms with Crippen LogP contribution in [0.25, 0.3) is 0 Å². The quantitative estimate of drug-likeness (QED) is 0.678. The Bertz CT molecular complexity index is 298. The minimum atomic E-state index is -2.25. The molecule has 15 heavy (non-hydrogen) atoms. The monoisotopic (exact) mass is 368 g/mol. The van der Waals surface area contributed by atoms with E-state index in [0.717, 1.165) is 0 Å². The van der Waals surface area contributed by atoms with Crippen molar-refractivity contribution in [2.75, 3.05) is 0 Å². The number of halogens is 2. The topological polar surface area (TPSA) is 0 Å². The van der Waals surface area contributed by atoms with Gasteiger partial charge >= 0.3 is 107 Å². The zero-order valence-corrected chi connectivity index (χ0v) is 15.4. The van der Waals surface area contributed by atoms with Gasteiger partial charge in [-0.1, -0.05) is 0 Å². The first-order chi connectivity index (χ1) is 6.73. The van der Waals surface area contributed by atoms with Gasteiger partial charge in [0.05, 0.1) is 0 Å². The normalized spacial score (nSPS) is 13.3. The molecule has 0 aliphatic heterocycles. The minimum absolute atomic E-state index is 0.495. The molecule has 1 aromatic carbocycles. The van der Waals surface area contributed by atoms with Crippen LogP contribution < -0.4 is 0 Å². The molecule has 0 amide bonds. The molecule has 0 N–H and O–H groups in total. The Hall–Kier alpha value is 0.886. The zero-order valence-electron chi connectivity index (χ0n) is 9.72. The molecular formula is C11H18Cl2Ge2. The fourth-order valence-electron chi connectivity index (χ4n) is 2.25. The summed E-state index contributed by atoms with van der Waals surface area (Å²) in [5, 5.41) is 0. The summed E-state index contributed by atoms with van der Waals surface area (Å²) in [5.74, 6) is 8.98. The number of benzene rings is 1. The molecule has 0 fully saturated rings. The molecule has 0 heterocycles. The second kappa shape index (κ2) is 5.03. The van der Waals surface area contributed by atoms with E-state index in [1.165, 1.54) is 5.56 Å². The predicted molar refractivity (Wildman–Crippen MR) is 75.9 cm³/mol. The fourth-order valence-corrected chi connectivity index (χ4v) is 45.2. The molecular weight excluding hydrogens is 348 g/mol. The predicted octanol–water partition coefficient (Wildman–Crippen LogP) is 4.74. The average Bonchev–Trinajstić information content (AvgIpc) is 2.00. The van der Waals surface area contributed by atoms with Crippen molar-refractivity contribution in [1.82, 2.24) is 0 Å². The molecule has 0 atom stereocenters. The van der Waals surface area contributed by atoms with E-state index in [1.54, 1.807) is 0 Å². The third-order valence-electron chi connectivity index (χ3n) is 2.51. The van der Waals surface area contributed by atoms with E-state index in [2.05, 4.69) is 47.3 Å². The molecule has 1 rings (SSSR count). The Kier molecular flexibility index (Phi) is 4.68. The van der Waals surface area contributed by atoms with Gasteiger partial charge in [-0.25, -0.2) is 0 Å². The van der Waals surface area contributed by atoms with Crippen molar-refractivity contribution in [2.24, 2.45) is 0 Å². The second-order valence-corrected chi connectivity index (χ2v) is 33.2. The van der Waals surface area contributed by atoms with Gasteiger partial charge in [0.1, 0.15) is 0 Å². The molecule has 0 bridgehead atoms. The van der Waals surface area contributed by atoms with Crippen LogP contribution in [-0.2, 0) is 0 Å². The van der Waals surface area contributed by atoms with E-state index in [9.17, 15) is 0 Å². The van der Waals surface area contributed by atoms with Gasteiger partial charge in [-0.3, -0.25) is 0 Å². The Morgan fingerprint density at radius 3 is 1.60 bits per heavy atom. The summed E-state index contributed by atoms with van der Waals surface area (Å²) < 4.78 is 0.495. The number of hydrogen-bond acceptors (Lipinski definition) is 0. The maximum absolute atomic E-state index is 6.67. The second-order valence-electron chi connectivity index (χ2n) is 4.97. The van der Waals surface area contributed by atoms with Gasteiger partial charge in [0.25, 0.3) is 0 Å². The van der Waals surface area contributed by atoms with Crippen LogP contribution in [-0.4, -0.2) is 24.7 Å². The molecule has 0 unspecified atom stereocenters. The van der Waals surface area contributed by atoms with Crippen LogP contribution in [0.15, 0.2) is 30.3 Å². The van der Waals surface area contributed by atoms with Crippen LogP contribution >= 0.6 is 20.0 Å². The standard InChI is InChI=1S/C11H18Cl2Ge2/c1-14(2,12)11(15(3,4)13)10-8-6-5-7-9-10/h5-9,11H,1-4H3. The van der Waals surface area contributed by atoms with Crippen molar-refractivity contribution < 1.29 is 0 Å².